The summed E-state index contributed by atoms with van der Waals surface area (Å²) >= 11 is 0. The Kier molecular flexibility index (Phi) is 6.76. The van der Waals surface area contributed by atoms with Crippen LogP contribution < -0.4 is 10.1 Å². The zero-order valence-electron chi connectivity index (χ0n) is 19.7. The molecule has 1 amide bonds. The maximum atomic E-state index is 13.4. The predicted molar refractivity (Wildman–Crippen MR) is 124 cm³/mol. The van der Waals surface area contributed by atoms with E-state index >= 15 is 0 Å². The molecule has 0 bridgehead atoms. The quantitative estimate of drug-likeness (QED) is 0.543. The molecule has 3 aromatic rings. The number of hydrogen-bond acceptors (Lipinski definition) is 7. The lowest BCUT2D eigenvalue weighted by molar-refractivity contribution is -0.126. The van der Waals surface area contributed by atoms with Gasteiger partial charge < -0.3 is 19.1 Å². The molecule has 3 heterocycles. The van der Waals surface area contributed by atoms with Crippen molar-refractivity contribution >= 4 is 15.9 Å². The van der Waals surface area contributed by atoms with E-state index in [1.54, 1.807) is 27.2 Å². The molecule has 0 unspecified atom stereocenters. The number of methoxy groups -OCH3 is 1. The van der Waals surface area contributed by atoms with Crippen molar-refractivity contribution in [2.45, 2.75) is 37.6 Å². The summed E-state index contributed by atoms with van der Waals surface area (Å²) in [7, 11) is -0.358. The zero-order chi connectivity index (χ0) is 24.5. The molecule has 1 aliphatic rings. The maximum Gasteiger partial charge on any atom is 0.248 e. The molecule has 34 heavy (non-hydrogen) atoms. The summed E-state index contributed by atoms with van der Waals surface area (Å²) in [6, 6.07) is 6.93. The SMILES string of the molecule is COc1ccc([C@H](NC(=O)[C@H]2CCCN(S(=O)(=O)c3c(C)noc3C)C2)c2nccn2C)cc1. The molecule has 4 rings (SSSR count). The Morgan fingerprint density at radius 3 is 2.59 bits per heavy atom. The summed E-state index contributed by atoms with van der Waals surface area (Å²) in [5.41, 5.74) is 1.16. The van der Waals surface area contributed by atoms with E-state index in [0.29, 0.717) is 36.7 Å². The number of carbonyl (C=O) groups is 1. The fourth-order valence-electron chi connectivity index (χ4n) is 4.36. The van der Waals surface area contributed by atoms with Gasteiger partial charge in [0.2, 0.25) is 15.9 Å². The summed E-state index contributed by atoms with van der Waals surface area (Å²) in [6.07, 6.45) is 4.67. The van der Waals surface area contributed by atoms with E-state index in [4.69, 9.17) is 9.26 Å². The van der Waals surface area contributed by atoms with Gasteiger partial charge in [0.05, 0.1) is 13.0 Å². The van der Waals surface area contributed by atoms with Gasteiger partial charge in [-0.15, -0.1) is 0 Å². The van der Waals surface area contributed by atoms with E-state index < -0.39 is 22.0 Å². The largest absolute Gasteiger partial charge is 0.497 e. The van der Waals surface area contributed by atoms with Crippen molar-refractivity contribution in [1.82, 2.24) is 24.3 Å². The molecule has 10 nitrogen and oxygen atoms in total. The molecule has 1 fully saturated rings. The van der Waals surface area contributed by atoms with Gasteiger partial charge >= 0.3 is 0 Å². The number of piperidine rings is 1. The van der Waals surface area contributed by atoms with Crippen LogP contribution in [0.2, 0.25) is 0 Å². The van der Waals surface area contributed by atoms with Gasteiger partial charge in [0.25, 0.3) is 0 Å². The normalized spacial score (nSPS) is 17.9. The number of benzene rings is 1. The van der Waals surface area contributed by atoms with Crippen molar-refractivity contribution < 1.29 is 22.5 Å². The number of aryl methyl sites for hydroxylation is 3. The van der Waals surface area contributed by atoms with Crippen molar-refractivity contribution in [3.05, 3.63) is 59.5 Å². The van der Waals surface area contributed by atoms with Crippen molar-refractivity contribution in [3.63, 3.8) is 0 Å². The minimum absolute atomic E-state index is 0.0812. The molecule has 0 radical (unpaired) electrons. The fourth-order valence-corrected chi connectivity index (χ4v) is 6.17. The Balaban J connectivity index is 1.56. The number of aromatic nitrogens is 3. The van der Waals surface area contributed by atoms with E-state index in [1.165, 1.54) is 4.31 Å². The number of nitrogens with one attached hydrogen (secondary N) is 1. The summed E-state index contributed by atoms with van der Waals surface area (Å²) in [6.45, 7) is 3.61. The average Bonchev–Trinajstić information content (AvgIpc) is 3.42. The molecule has 1 aromatic carbocycles. The minimum atomic E-state index is -3.82. The Morgan fingerprint density at radius 2 is 2.00 bits per heavy atom. The number of carbonyl (C=O) groups excluding carboxylic acids is 1. The minimum Gasteiger partial charge on any atom is -0.497 e. The van der Waals surface area contributed by atoms with E-state index in [-0.39, 0.29) is 23.1 Å². The lowest BCUT2D eigenvalue weighted by Crippen LogP contribution is -2.46. The number of imidazole rings is 1. The van der Waals surface area contributed by atoms with Crippen molar-refractivity contribution in [2.24, 2.45) is 13.0 Å². The Morgan fingerprint density at radius 1 is 1.26 bits per heavy atom. The predicted octanol–water partition coefficient (Wildman–Crippen LogP) is 2.34. The third-order valence-electron chi connectivity index (χ3n) is 6.17. The molecule has 0 aliphatic carbocycles. The number of nitrogens with zero attached hydrogens (tertiary/aromatic N) is 4. The number of ether oxygens (including phenoxy) is 1. The van der Waals surface area contributed by atoms with E-state index in [0.717, 1.165) is 5.56 Å². The average molecular weight is 488 g/mol. The molecule has 1 saturated heterocycles. The number of amides is 1. The van der Waals surface area contributed by atoms with Crippen LogP contribution in [-0.4, -0.2) is 53.5 Å². The first-order valence-electron chi connectivity index (χ1n) is 11.1. The molecule has 0 spiro atoms. The summed E-state index contributed by atoms with van der Waals surface area (Å²) in [4.78, 5) is 17.9. The van der Waals surface area contributed by atoms with E-state index in [2.05, 4.69) is 15.5 Å². The standard InChI is InChI=1S/C23H29N5O5S/c1-15-21(16(2)33-26-15)34(30,31)28-12-5-6-18(14-28)23(29)25-20(22-24-11-13-27(22)3)17-7-9-19(32-4)10-8-17/h7-11,13,18,20H,5-6,12,14H2,1-4H3,(H,25,29)/t18-,20-/m0/s1. The van der Waals surface area contributed by atoms with Crippen LogP contribution in [0, 0.1) is 19.8 Å². The van der Waals surface area contributed by atoms with Crippen LogP contribution in [0.15, 0.2) is 46.1 Å². The van der Waals surface area contributed by atoms with Gasteiger partial charge in [0, 0.05) is 32.5 Å². The topological polar surface area (TPSA) is 120 Å². The van der Waals surface area contributed by atoms with Gasteiger partial charge in [0.15, 0.2) is 5.76 Å². The molecule has 182 valence electrons. The van der Waals surface area contributed by atoms with Crippen LogP contribution in [0.4, 0.5) is 0 Å². The zero-order valence-corrected chi connectivity index (χ0v) is 20.5. The van der Waals surface area contributed by atoms with E-state index in [1.807, 2.05) is 42.1 Å². The lowest BCUT2D eigenvalue weighted by atomic mass is 9.97. The summed E-state index contributed by atoms with van der Waals surface area (Å²) in [5.74, 6) is 0.918. The first-order chi connectivity index (χ1) is 16.2. The molecule has 1 N–H and O–H groups in total. The number of sulfonamides is 1. The number of hydrogen-bond donors (Lipinski definition) is 1. The second-order valence-corrected chi connectivity index (χ2v) is 10.3. The third-order valence-corrected chi connectivity index (χ3v) is 8.28. The molecular weight excluding hydrogens is 458 g/mol. The third kappa shape index (κ3) is 4.58. The Hall–Kier alpha value is -3.18. The van der Waals surface area contributed by atoms with Gasteiger partial charge in [-0.05, 0) is 44.4 Å². The van der Waals surface area contributed by atoms with Crippen LogP contribution in [-0.2, 0) is 21.9 Å². The molecule has 2 atom stereocenters. The van der Waals surface area contributed by atoms with Crippen molar-refractivity contribution in [3.8, 4) is 5.75 Å². The van der Waals surface area contributed by atoms with Gasteiger partial charge in [-0.3, -0.25) is 4.79 Å². The molecule has 11 heteroatoms. The van der Waals surface area contributed by atoms with E-state index in [9.17, 15) is 13.2 Å². The Bertz CT molecular complexity index is 1250. The molecule has 1 aliphatic heterocycles. The van der Waals surface area contributed by atoms with Crippen LogP contribution >= 0.6 is 0 Å². The molecule has 2 aromatic heterocycles. The lowest BCUT2D eigenvalue weighted by Gasteiger charge is -2.32. The highest BCUT2D eigenvalue weighted by molar-refractivity contribution is 7.89. The smallest absolute Gasteiger partial charge is 0.248 e. The van der Waals surface area contributed by atoms with Crippen molar-refractivity contribution in [2.75, 3.05) is 20.2 Å². The Labute approximate surface area is 199 Å². The highest BCUT2D eigenvalue weighted by Gasteiger charge is 2.37. The van der Waals surface area contributed by atoms with Gasteiger partial charge in [-0.1, -0.05) is 17.3 Å². The van der Waals surface area contributed by atoms with Gasteiger partial charge in [0.1, 0.15) is 28.2 Å². The second-order valence-electron chi connectivity index (χ2n) is 8.47. The fraction of sp³-hybridized carbons (Fsp3) is 0.435. The highest BCUT2D eigenvalue weighted by atomic mass is 32.2. The van der Waals surface area contributed by atoms with Crippen molar-refractivity contribution in [1.29, 1.82) is 0 Å². The summed E-state index contributed by atoms with van der Waals surface area (Å²) < 4.78 is 40.0. The summed E-state index contributed by atoms with van der Waals surface area (Å²) in [5, 5.41) is 6.87. The number of rotatable bonds is 7. The second kappa shape index (κ2) is 9.59. The van der Waals surface area contributed by atoms with Gasteiger partial charge in [-0.25, -0.2) is 13.4 Å². The maximum absolute atomic E-state index is 13.4. The van der Waals surface area contributed by atoms with Gasteiger partial charge in [-0.2, -0.15) is 4.31 Å². The highest BCUT2D eigenvalue weighted by Crippen LogP contribution is 2.29. The first-order valence-corrected chi connectivity index (χ1v) is 12.5. The molecular formula is C23H29N5O5S. The first kappa shape index (κ1) is 24.0. The van der Waals surface area contributed by atoms with Crippen LogP contribution in [0.3, 0.4) is 0 Å². The van der Waals surface area contributed by atoms with Crippen LogP contribution in [0.5, 0.6) is 5.75 Å². The van der Waals surface area contributed by atoms with Crippen LogP contribution in [0.1, 0.15) is 41.7 Å². The molecule has 0 saturated carbocycles. The van der Waals surface area contributed by atoms with Crippen LogP contribution in [0.25, 0.3) is 0 Å². The monoisotopic (exact) mass is 487 g/mol.